The van der Waals surface area contributed by atoms with E-state index in [9.17, 15) is 17.2 Å². The Kier molecular flexibility index (Phi) is 3.74. The largest absolute Gasteiger partial charge is 0.246 e. The molecule has 0 bridgehead atoms. The first-order valence-electron chi connectivity index (χ1n) is 6.92. The van der Waals surface area contributed by atoms with Crippen LogP contribution in [0, 0.1) is 11.6 Å². The summed E-state index contributed by atoms with van der Waals surface area (Å²) in [6, 6.07) is 9.69. The molecule has 0 N–H and O–H groups in total. The van der Waals surface area contributed by atoms with E-state index >= 15 is 0 Å². The van der Waals surface area contributed by atoms with Gasteiger partial charge in [0.25, 0.3) is 0 Å². The van der Waals surface area contributed by atoms with Crippen LogP contribution in [0.5, 0.6) is 0 Å². The van der Waals surface area contributed by atoms with Crippen LogP contribution in [0.4, 0.5) is 8.78 Å². The van der Waals surface area contributed by atoms with Crippen LogP contribution in [-0.4, -0.2) is 19.8 Å². The fourth-order valence-corrected chi connectivity index (χ4v) is 4.35. The van der Waals surface area contributed by atoms with Gasteiger partial charge >= 0.3 is 0 Å². The van der Waals surface area contributed by atoms with Crippen LogP contribution in [0.1, 0.15) is 23.6 Å². The maximum absolute atomic E-state index is 13.8. The average molecular weight is 323 g/mol. The van der Waals surface area contributed by atoms with Gasteiger partial charge < -0.3 is 0 Å². The third-order valence-corrected chi connectivity index (χ3v) is 5.97. The molecule has 0 fully saturated rings. The number of hydrogen-bond donors (Lipinski definition) is 0. The zero-order valence-corrected chi connectivity index (χ0v) is 12.8. The highest BCUT2D eigenvalue weighted by Crippen LogP contribution is 2.37. The van der Waals surface area contributed by atoms with Crippen LogP contribution in [0.2, 0.25) is 0 Å². The molecule has 0 aromatic heterocycles. The minimum Gasteiger partial charge on any atom is -0.207 e. The quantitative estimate of drug-likeness (QED) is 0.869. The van der Waals surface area contributed by atoms with Crippen molar-refractivity contribution in [3.63, 3.8) is 0 Å². The summed E-state index contributed by atoms with van der Waals surface area (Å²) >= 11 is 0. The van der Waals surface area contributed by atoms with Crippen LogP contribution < -0.4 is 0 Å². The molecule has 2 aromatic carbocycles. The Morgan fingerprint density at radius 3 is 2.64 bits per heavy atom. The highest BCUT2D eigenvalue weighted by molar-refractivity contribution is 7.89. The third kappa shape index (κ3) is 2.42. The van der Waals surface area contributed by atoms with Crippen LogP contribution in [0.25, 0.3) is 0 Å². The monoisotopic (exact) mass is 323 g/mol. The van der Waals surface area contributed by atoms with Crippen molar-refractivity contribution in [2.24, 2.45) is 0 Å². The summed E-state index contributed by atoms with van der Waals surface area (Å²) in [4.78, 5) is -0.626. The zero-order valence-electron chi connectivity index (χ0n) is 12.0. The van der Waals surface area contributed by atoms with E-state index in [-0.39, 0.29) is 6.04 Å². The molecule has 6 heteroatoms. The first-order chi connectivity index (χ1) is 10.4. The molecular weight excluding hydrogens is 308 g/mol. The van der Waals surface area contributed by atoms with Gasteiger partial charge in [0.05, 0.1) is 6.04 Å². The molecule has 1 atom stereocenters. The van der Waals surface area contributed by atoms with Crippen LogP contribution in [0.3, 0.4) is 0 Å². The number of sulfonamides is 1. The molecule has 2 aromatic rings. The summed E-state index contributed by atoms with van der Waals surface area (Å²) in [7, 11) is -2.69. The Bertz CT molecular complexity index is 821. The lowest BCUT2D eigenvalue weighted by Crippen LogP contribution is -2.31. The predicted molar refractivity (Wildman–Crippen MR) is 78.8 cm³/mol. The van der Waals surface area contributed by atoms with Crippen molar-refractivity contribution in [2.45, 2.75) is 23.8 Å². The summed E-state index contributed by atoms with van der Waals surface area (Å²) in [5, 5.41) is 0. The van der Waals surface area contributed by atoms with Gasteiger partial charge in [0.2, 0.25) is 10.0 Å². The number of halogens is 2. The summed E-state index contributed by atoms with van der Waals surface area (Å²) in [6.07, 6.45) is 1.40. The van der Waals surface area contributed by atoms with E-state index in [4.69, 9.17) is 0 Å². The molecule has 1 unspecified atom stereocenters. The molecule has 0 heterocycles. The van der Waals surface area contributed by atoms with Crippen molar-refractivity contribution in [1.29, 1.82) is 0 Å². The molecule has 3 nitrogen and oxygen atoms in total. The molecule has 1 aliphatic rings. The maximum atomic E-state index is 13.8. The van der Waals surface area contributed by atoms with Gasteiger partial charge in [-0.25, -0.2) is 17.2 Å². The van der Waals surface area contributed by atoms with Crippen molar-refractivity contribution in [1.82, 2.24) is 4.31 Å². The van der Waals surface area contributed by atoms with Crippen molar-refractivity contribution in [3.05, 3.63) is 65.2 Å². The van der Waals surface area contributed by atoms with Gasteiger partial charge in [-0.1, -0.05) is 24.3 Å². The van der Waals surface area contributed by atoms with Gasteiger partial charge in [-0.2, -0.15) is 4.31 Å². The van der Waals surface area contributed by atoms with Crippen LogP contribution in [0.15, 0.2) is 47.4 Å². The molecular formula is C16H15F2NO2S. The smallest absolute Gasteiger partial charge is 0.207 e. The molecule has 0 spiro atoms. The Hall–Kier alpha value is -1.79. The van der Waals surface area contributed by atoms with E-state index in [1.54, 1.807) is 0 Å². The lowest BCUT2D eigenvalue weighted by Gasteiger charge is -2.25. The maximum Gasteiger partial charge on any atom is 0.246 e. The highest BCUT2D eigenvalue weighted by atomic mass is 32.2. The first kappa shape index (κ1) is 15.1. The van der Waals surface area contributed by atoms with E-state index in [0.29, 0.717) is 6.42 Å². The minimum absolute atomic E-state index is 0.358. The molecule has 0 saturated carbocycles. The lowest BCUT2D eigenvalue weighted by molar-refractivity contribution is 0.371. The predicted octanol–water partition coefficient (Wildman–Crippen LogP) is 3.27. The minimum atomic E-state index is -4.10. The second-order valence-electron chi connectivity index (χ2n) is 5.35. The fourth-order valence-electron chi connectivity index (χ4n) is 2.91. The molecule has 0 saturated heterocycles. The second kappa shape index (κ2) is 5.44. The van der Waals surface area contributed by atoms with Gasteiger partial charge in [-0.3, -0.25) is 0 Å². The van der Waals surface area contributed by atoms with Gasteiger partial charge in [0.1, 0.15) is 16.5 Å². The van der Waals surface area contributed by atoms with E-state index in [2.05, 4.69) is 0 Å². The van der Waals surface area contributed by atoms with Gasteiger partial charge in [0, 0.05) is 7.05 Å². The molecule has 0 aliphatic heterocycles. The number of nitrogens with zero attached hydrogens (tertiary/aromatic N) is 1. The number of aryl methyl sites for hydroxylation is 1. The van der Waals surface area contributed by atoms with Crippen molar-refractivity contribution in [3.8, 4) is 0 Å². The Morgan fingerprint density at radius 1 is 1.14 bits per heavy atom. The first-order valence-corrected chi connectivity index (χ1v) is 8.36. The highest BCUT2D eigenvalue weighted by Gasteiger charge is 2.34. The molecule has 116 valence electrons. The SMILES string of the molecule is CN(C1CCc2ccccc21)S(=O)(=O)c1cc(F)ccc1F. The topological polar surface area (TPSA) is 37.4 Å². The summed E-state index contributed by atoms with van der Waals surface area (Å²) in [5.41, 5.74) is 2.01. The Labute approximate surface area is 128 Å². The summed E-state index contributed by atoms with van der Waals surface area (Å²) in [6.45, 7) is 0. The fraction of sp³-hybridized carbons (Fsp3) is 0.250. The lowest BCUT2D eigenvalue weighted by atomic mass is 10.1. The average Bonchev–Trinajstić information content (AvgIpc) is 2.92. The number of rotatable bonds is 3. The number of benzene rings is 2. The van der Waals surface area contributed by atoms with Crippen LogP contribution in [-0.2, 0) is 16.4 Å². The zero-order chi connectivity index (χ0) is 15.9. The molecule has 1 aliphatic carbocycles. The molecule has 22 heavy (non-hydrogen) atoms. The third-order valence-electron chi connectivity index (χ3n) is 4.09. The number of hydrogen-bond acceptors (Lipinski definition) is 2. The molecule has 0 radical (unpaired) electrons. The Balaban J connectivity index is 2.02. The van der Waals surface area contributed by atoms with Gasteiger partial charge in [0.15, 0.2) is 0 Å². The standard InChI is InChI=1S/C16H15F2NO2S/c1-19(15-9-6-11-4-2-3-5-13(11)15)22(20,21)16-10-12(17)7-8-14(16)18/h2-5,7-8,10,15H,6,9H2,1H3. The van der Waals surface area contributed by atoms with Crippen molar-refractivity contribution < 1.29 is 17.2 Å². The van der Waals surface area contributed by atoms with Gasteiger partial charge in [-0.15, -0.1) is 0 Å². The molecule has 0 amide bonds. The summed E-state index contributed by atoms with van der Waals surface area (Å²) < 4.78 is 53.5. The van der Waals surface area contributed by atoms with E-state index in [1.807, 2.05) is 24.3 Å². The van der Waals surface area contributed by atoms with E-state index in [0.717, 1.165) is 40.1 Å². The summed E-state index contributed by atoms with van der Waals surface area (Å²) in [5.74, 6) is -1.72. The Morgan fingerprint density at radius 2 is 1.86 bits per heavy atom. The molecule has 3 rings (SSSR count). The van der Waals surface area contributed by atoms with Crippen molar-refractivity contribution in [2.75, 3.05) is 7.05 Å². The van der Waals surface area contributed by atoms with E-state index < -0.39 is 26.6 Å². The second-order valence-corrected chi connectivity index (χ2v) is 7.32. The van der Waals surface area contributed by atoms with E-state index in [1.165, 1.54) is 7.05 Å². The van der Waals surface area contributed by atoms with Crippen molar-refractivity contribution >= 4 is 10.0 Å². The normalized spacial score (nSPS) is 17.7. The number of fused-ring (bicyclic) bond motifs is 1. The van der Waals surface area contributed by atoms with Gasteiger partial charge in [-0.05, 0) is 42.2 Å². The van der Waals surface area contributed by atoms with Crippen LogP contribution >= 0.6 is 0 Å².